The molecule has 0 spiro atoms. The van der Waals surface area contributed by atoms with Crippen molar-refractivity contribution in [1.29, 1.82) is 0 Å². The molecule has 4 heteroatoms. The van der Waals surface area contributed by atoms with Gasteiger partial charge in [-0.3, -0.25) is 0 Å². The maximum absolute atomic E-state index is 6.07. The second-order valence-electron chi connectivity index (χ2n) is 3.71. The van der Waals surface area contributed by atoms with Gasteiger partial charge in [-0.2, -0.15) is 0 Å². The van der Waals surface area contributed by atoms with Gasteiger partial charge < -0.3 is 4.90 Å². The Kier molecular flexibility index (Phi) is 5.20. The molecule has 1 aromatic carbocycles. The molecule has 1 rings (SSSR count). The first-order chi connectivity index (χ1) is 6.99. The van der Waals surface area contributed by atoms with Crippen molar-refractivity contribution in [3.05, 3.63) is 33.8 Å². The lowest BCUT2D eigenvalue weighted by molar-refractivity contribution is 0.330. The van der Waals surface area contributed by atoms with Gasteiger partial charge in [-0.25, -0.2) is 0 Å². The molecule has 15 heavy (non-hydrogen) atoms. The number of halogens is 3. The largest absolute Gasteiger partial charge is 0.301 e. The van der Waals surface area contributed by atoms with Gasteiger partial charge in [0.1, 0.15) is 0 Å². The molecular weight excluding hydrogens is 252 g/mol. The summed E-state index contributed by atoms with van der Waals surface area (Å²) in [5.74, 6) is 0. The number of hydrogen-bond donors (Lipinski definition) is 0. The summed E-state index contributed by atoms with van der Waals surface area (Å²) in [5.41, 5.74) is 1.07. The van der Waals surface area contributed by atoms with E-state index in [1.165, 1.54) is 0 Å². The molecule has 0 aliphatic carbocycles. The van der Waals surface area contributed by atoms with Crippen LogP contribution in [0.25, 0.3) is 0 Å². The van der Waals surface area contributed by atoms with Gasteiger partial charge in [0.15, 0.2) is 0 Å². The smallest absolute Gasteiger partial charge is 0.0465 e. The van der Waals surface area contributed by atoms with Crippen molar-refractivity contribution in [3.63, 3.8) is 0 Å². The van der Waals surface area contributed by atoms with E-state index < -0.39 is 0 Å². The average molecular weight is 267 g/mol. The molecule has 0 aromatic heterocycles. The lowest BCUT2D eigenvalue weighted by atomic mass is 10.2. The number of rotatable bonds is 4. The summed E-state index contributed by atoms with van der Waals surface area (Å²) in [5, 5.41) is 1.51. The fourth-order valence-corrected chi connectivity index (χ4v) is 2.14. The highest BCUT2D eigenvalue weighted by Gasteiger charge is 2.07. The molecule has 0 radical (unpaired) electrons. The minimum absolute atomic E-state index is 0.140. The normalized spacial score (nSPS) is 13.2. The third-order valence-corrected chi connectivity index (χ3v) is 2.74. The molecule has 0 aliphatic heterocycles. The van der Waals surface area contributed by atoms with Crippen molar-refractivity contribution >= 4 is 34.8 Å². The van der Waals surface area contributed by atoms with Gasteiger partial charge >= 0.3 is 0 Å². The Morgan fingerprint density at radius 3 is 2.53 bits per heavy atom. The number of benzene rings is 1. The van der Waals surface area contributed by atoms with Gasteiger partial charge in [-0.1, -0.05) is 29.3 Å². The van der Waals surface area contributed by atoms with E-state index in [4.69, 9.17) is 34.8 Å². The van der Waals surface area contributed by atoms with Gasteiger partial charge in [0.2, 0.25) is 0 Å². The molecular formula is C11H14Cl3N. The van der Waals surface area contributed by atoms with Crippen molar-refractivity contribution in [2.45, 2.75) is 18.8 Å². The third kappa shape index (κ3) is 4.60. The van der Waals surface area contributed by atoms with Crippen molar-refractivity contribution in [2.24, 2.45) is 0 Å². The molecule has 0 bridgehead atoms. The predicted octanol–water partition coefficient (Wildman–Crippen LogP) is 4.05. The Morgan fingerprint density at radius 1 is 1.33 bits per heavy atom. The number of alkyl halides is 1. The highest BCUT2D eigenvalue weighted by Crippen LogP contribution is 2.22. The van der Waals surface area contributed by atoms with Crippen LogP contribution < -0.4 is 0 Å². The van der Waals surface area contributed by atoms with E-state index in [1.807, 2.05) is 26.1 Å². The highest BCUT2D eigenvalue weighted by molar-refractivity contribution is 6.35. The predicted molar refractivity (Wildman–Crippen MR) is 68.1 cm³/mol. The summed E-state index contributed by atoms with van der Waals surface area (Å²) in [7, 11) is 2.02. The lowest BCUT2D eigenvalue weighted by Gasteiger charge is -2.18. The van der Waals surface area contributed by atoms with Crippen LogP contribution in [0.4, 0.5) is 0 Å². The molecule has 0 fully saturated rings. The van der Waals surface area contributed by atoms with Crippen LogP contribution in [0.15, 0.2) is 18.2 Å². The number of nitrogens with zero attached hydrogens (tertiary/aromatic N) is 1. The standard InChI is InChI=1S/C11H14Cl3N/c1-8(12)6-15(2)7-9-3-4-10(13)5-11(9)14/h3-5,8H,6-7H2,1-2H3. The van der Waals surface area contributed by atoms with Crippen LogP contribution >= 0.6 is 34.8 Å². The quantitative estimate of drug-likeness (QED) is 0.743. The molecule has 0 saturated heterocycles. The molecule has 1 atom stereocenters. The maximum atomic E-state index is 6.07. The fraction of sp³-hybridized carbons (Fsp3) is 0.455. The zero-order valence-corrected chi connectivity index (χ0v) is 11.1. The van der Waals surface area contributed by atoms with Crippen LogP contribution in [0, 0.1) is 0 Å². The molecule has 0 N–H and O–H groups in total. The van der Waals surface area contributed by atoms with Gasteiger partial charge in [-0.15, -0.1) is 11.6 Å². The molecule has 0 amide bonds. The molecule has 0 aliphatic rings. The van der Waals surface area contributed by atoms with Crippen LogP contribution in [-0.4, -0.2) is 23.9 Å². The van der Waals surface area contributed by atoms with Crippen LogP contribution in [-0.2, 0) is 6.54 Å². The second-order valence-corrected chi connectivity index (χ2v) is 5.30. The van der Waals surface area contributed by atoms with Crippen molar-refractivity contribution < 1.29 is 0 Å². The summed E-state index contributed by atoms with van der Waals surface area (Å²) in [6, 6.07) is 5.55. The van der Waals surface area contributed by atoms with E-state index in [0.29, 0.717) is 10.0 Å². The maximum Gasteiger partial charge on any atom is 0.0465 e. The van der Waals surface area contributed by atoms with E-state index in [0.717, 1.165) is 18.7 Å². The van der Waals surface area contributed by atoms with E-state index in [-0.39, 0.29) is 5.38 Å². The second kappa shape index (κ2) is 5.95. The minimum Gasteiger partial charge on any atom is -0.301 e. The zero-order valence-electron chi connectivity index (χ0n) is 8.80. The summed E-state index contributed by atoms with van der Waals surface area (Å²) in [6.07, 6.45) is 0. The van der Waals surface area contributed by atoms with Gasteiger partial charge in [0.25, 0.3) is 0 Å². The molecule has 1 nitrogen and oxygen atoms in total. The van der Waals surface area contributed by atoms with E-state index in [2.05, 4.69) is 4.90 Å². The van der Waals surface area contributed by atoms with E-state index in [1.54, 1.807) is 6.07 Å². The average Bonchev–Trinajstić information content (AvgIpc) is 2.08. The topological polar surface area (TPSA) is 3.24 Å². The summed E-state index contributed by atoms with van der Waals surface area (Å²) in [4.78, 5) is 2.13. The van der Waals surface area contributed by atoms with Crippen molar-refractivity contribution in [2.75, 3.05) is 13.6 Å². The zero-order chi connectivity index (χ0) is 11.4. The summed E-state index contributed by atoms with van der Waals surface area (Å²) < 4.78 is 0. The first-order valence-electron chi connectivity index (χ1n) is 4.75. The van der Waals surface area contributed by atoms with E-state index >= 15 is 0 Å². The van der Waals surface area contributed by atoms with Crippen LogP contribution in [0.2, 0.25) is 10.0 Å². The Balaban J connectivity index is 2.64. The summed E-state index contributed by atoms with van der Waals surface area (Å²) in [6.45, 7) is 3.59. The molecule has 0 heterocycles. The first-order valence-corrected chi connectivity index (χ1v) is 5.95. The summed E-state index contributed by atoms with van der Waals surface area (Å²) >= 11 is 17.8. The van der Waals surface area contributed by atoms with Crippen LogP contribution in [0.5, 0.6) is 0 Å². The van der Waals surface area contributed by atoms with Crippen LogP contribution in [0.1, 0.15) is 12.5 Å². The first kappa shape index (κ1) is 13.1. The van der Waals surface area contributed by atoms with Crippen LogP contribution in [0.3, 0.4) is 0 Å². The van der Waals surface area contributed by atoms with E-state index in [9.17, 15) is 0 Å². The van der Waals surface area contributed by atoms with Gasteiger partial charge in [0, 0.05) is 28.5 Å². The minimum atomic E-state index is 0.140. The molecule has 84 valence electrons. The van der Waals surface area contributed by atoms with Gasteiger partial charge in [-0.05, 0) is 31.7 Å². The third-order valence-electron chi connectivity index (χ3n) is 2.02. The molecule has 0 saturated carbocycles. The molecule has 1 unspecified atom stereocenters. The Morgan fingerprint density at radius 2 is 2.00 bits per heavy atom. The lowest BCUT2D eigenvalue weighted by Crippen LogP contribution is -2.24. The number of hydrogen-bond acceptors (Lipinski definition) is 1. The molecule has 1 aromatic rings. The monoisotopic (exact) mass is 265 g/mol. The van der Waals surface area contributed by atoms with Crippen molar-refractivity contribution in [1.82, 2.24) is 4.90 Å². The SMILES string of the molecule is CC(Cl)CN(C)Cc1ccc(Cl)cc1Cl. The Labute approximate surface area is 106 Å². The van der Waals surface area contributed by atoms with Crippen molar-refractivity contribution in [3.8, 4) is 0 Å². The Hall–Kier alpha value is 0.0500. The Bertz CT molecular complexity index is 326. The fourth-order valence-electron chi connectivity index (χ4n) is 1.43. The van der Waals surface area contributed by atoms with Gasteiger partial charge in [0.05, 0.1) is 0 Å². The highest BCUT2D eigenvalue weighted by atomic mass is 35.5.